The predicted octanol–water partition coefficient (Wildman–Crippen LogP) is -0.151. The molecule has 1 saturated heterocycles. The van der Waals surface area contributed by atoms with Gasteiger partial charge in [-0.05, 0) is 12.1 Å². The van der Waals surface area contributed by atoms with Crippen molar-refractivity contribution in [2.45, 2.75) is 12.5 Å². The Morgan fingerprint density at radius 3 is 2.25 bits per heavy atom. The van der Waals surface area contributed by atoms with Crippen molar-refractivity contribution in [3.8, 4) is 11.5 Å². The van der Waals surface area contributed by atoms with Crippen LogP contribution in [0.2, 0.25) is 0 Å². The summed E-state index contributed by atoms with van der Waals surface area (Å²) in [5, 5.41) is 4.62. The molecule has 7 nitrogen and oxygen atoms in total. The molecule has 1 fully saturated rings. The van der Waals surface area contributed by atoms with Crippen LogP contribution in [0.5, 0.6) is 11.5 Å². The highest BCUT2D eigenvalue weighted by Crippen LogP contribution is 2.22. The van der Waals surface area contributed by atoms with Gasteiger partial charge >= 0.3 is 0 Å². The molecule has 0 aliphatic carbocycles. The van der Waals surface area contributed by atoms with Crippen LogP contribution in [0, 0.1) is 0 Å². The normalized spacial score (nSPS) is 17.6. The van der Waals surface area contributed by atoms with Crippen LogP contribution < -0.4 is 20.1 Å². The first-order valence-electron chi connectivity index (χ1n) is 5.91. The Kier molecular flexibility index (Phi) is 3.88. The second kappa shape index (κ2) is 5.60. The number of hydrogen-bond acceptors (Lipinski definition) is 5. The number of benzene rings is 1. The summed E-state index contributed by atoms with van der Waals surface area (Å²) in [4.78, 5) is 34.5. The Labute approximate surface area is 115 Å². The molecule has 106 valence electrons. The third-order valence-corrected chi connectivity index (χ3v) is 2.89. The van der Waals surface area contributed by atoms with Gasteiger partial charge in [-0.25, -0.2) is 0 Å². The summed E-state index contributed by atoms with van der Waals surface area (Å²) in [6, 6.07) is 3.83. The molecule has 0 saturated carbocycles. The minimum Gasteiger partial charge on any atom is -0.497 e. The highest BCUT2D eigenvalue weighted by molar-refractivity contribution is 6.08. The van der Waals surface area contributed by atoms with Crippen LogP contribution in [0.4, 0.5) is 0 Å². The fraction of sp³-hybridized carbons (Fsp3) is 0.308. The van der Waals surface area contributed by atoms with Gasteiger partial charge in [0.05, 0.1) is 20.6 Å². The summed E-state index contributed by atoms with van der Waals surface area (Å²) < 4.78 is 10.1. The Morgan fingerprint density at radius 2 is 1.80 bits per heavy atom. The van der Waals surface area contributed by atoms with Crippen LogP contribution in [0.1, 0.15) is 16.8 Å². The molecular formula is C13H14N2O5. The number of methoxy groups -OCH3 is 2. The summed E-state index contributed by atoms with van der Waals surface area (Å²) in [6.45, 7) is 0. The zero-order chi connectivity index (χ0) is 14.7. The molecule has 1 unspecified atom stereocenters. The third-order valence-electron chi connectivity index (χ3n) is 2.89. The smallest absolute Gasteiger partial charge is 0.252 e. The topological polar surface area (TPSA) is 93.7 Å². The highest BCUT2D eigenvalue weighted by Gasteiger charge is 2.31. The van der Waals surface area contributed by atoms with Gasteiger partial charge in [-0.2, -0.15) is 0 Å². The maximum Gasteiger partial charge on any atom is 0.252 e. The minimum absolute atomic E-state index is 0.0499. The molecule has 20 heavy (non-hydrogen) atoms. The summed E-state index contributed by atoms with van der Waals surface area (Å²) in [6.07, 6.45) is -0.0499. The van der Waals surface area contributed by atoms with Crippen LogP contribution in [0.3, 0.4) is 0 Å². The van der Waals surface area contributed by atoms with E-state index in [9.17, 15) is 14.4 Å². The first-order valence-corrected chi connectivity index (χ1v) is 5.91. The summed E-state index contributed by atoms with van der Waals surface area (Å²) >= 11 is 0. The number of carbonyl (C=O) groups excluding carboxylic acids is 3. The van der Waals surface area contributed by atoms with Crippen molar-refractivity contribution in [2.24, 2.45) is 0 Å². The molecule has 1 atom stereocenters. The van der Waals surface area contributed by atoms with Gasteiger partial charge in [0.15, 0.2) is 0 Å². The first kappa shape index (κ1) is 13.9. The number of rotatable bonds is 4. The molecule has 1 heterocycles. The first-order chi connectivity index (χ1) is 9.53. The third kappa shape index (κ3) is 2.87. The maximum absolute atomic E-state index is 12.1. The lowest BCUT2D eigenvalue weighted by molar-refractivity contribution is -0.125. The quantitative estimate of drug-likeness (QED) is 0.747. The second-order valence-electron chi connectivity index (χ2n) is 4.24. The molecule has 3 amide bonds. The molecule has 0 spiro atoms. The zero-order valence-electron chi connectivity index (χ0n) is 11.1. The van der Waals surface area contributed by atoms with E-state index in [0.29, 0.717) is 11.5 Å². The van der Waals surface area contributed by atoms with Crippen molar-refractivity contribution in [3.63, 3.8) is 0 Å². The summed E-state index contributed by atoms with van der Waals surface area (Å²) in [5.74, 6) is -0.457. The van der Waals surface area contributed by atoms with E-state index in [1.54, 1.807) is 6.07 Å². The molecule has 2 rings (SSSR count). The number of carbonyl (C=O) groups is 3. The summed E-state index contributed by atoms with van der Waals surface area (Å²) in [5.41, 5.74) is 0.286. The molecule has 2 N–H and O–H groups in total. The maximum atomic E-state index is 12.1. The Morgan fingerprint density at radius 1 is 1.20 bits per heavy atom. The Hall–Kier alpha value is -2.57. The minimum atomic E-state index is -0.841. The molecule has 1 aliphatic rings. The van der Waals surface area contributed by atoms with Gasteiger partial charge in [0, 0.05) is 11.6 Å². The van der Waals surface area contributed by atoms with E-state index in [1.807, 2.05) is 0 Å². The van der Waals surface area contributed by atoms with Crippen molar-refractivity contribution in [3.05, 3.63) is 23.8 Å². The number of amides is 3. The van der Waals surface area contributed by atoms with E-state index in [4.69, 9.17) is 9.47 Å². The van der Waals surface area contributed by atoms with Gasteiger partial charge in [0.2, 0.25) is 11.8 Å². The fourth-order valence-electron chi connectivity index (χ4n) is 1.85. The molecule has 0 bridgehead atoms. The van der Waals surface area contributed by atoms with E-state index in [-0.39, 0.29) is 12.0 Å². The lowest BCUT2D eigenvalue weighted by Crippen LogP contribution is -2.40. The van der Waals surface area contributed by atoms with Crippen molar-refractivity contribution in [1.29, 1.82) is 0 Å². The van der Waals surface area contributed by atoms with E-state index in [2.05, 4.69) is 10.6 Å². The van der Waals surface area contributed by atoms with Gasteiger partial charge < -0.3 is 14.8 Å². The average Bonchev–Trinajstić information content (AvgIpc) is 2.76. The summed E-state index contributed by atoms with van der Waals surface area (Å²) in [7, 11) is 2.94. The zero-order valence-corrected chi connectivity index (χ0v) is 11.1. The largest absolute Gasteiger partial charge is 0.497 e. The van der Waals surface area contributed by atoms with E-state index in [0.717, 1.165) is 0 Å². The highest BCUT2D eigenvalue weighted by atomic mass is 16.5. The van der Waals surface area contributed by atoms with Crippen LogP contribution >= 0.6 is 0 Å². The molecule has 1 aromatic rings. The molecular weight excluding hydrogens is 264 g/mol. The average molecular weight is 278 g/mol. The van der Waals surface area contributed by atoms with Crippen LogP contribution in [-0.2, 0) is 9.59 Å². The van der Waals surface area contributed by atoms with Gasteiger partial charge in [-0.15, -0.1) is 0 Å². The fourth-order valence-corrected chi connectivity index (χ4v) is 1.85. The predicted molar refractivity (Wildman–Crippen MR) is 68.6 cm³/mol. The number of ether oxygens (including phenoxy) is 2. The van der Waals surface area contributed by atoms with E-state index in [1.165, 1.54) is 26.4 Å². The van der Waals surface area contributed by atoms with Gasteiger partial charge in [0.25, 0.3) is 5.91 Å². The SMILES string of the molecule is COc1cc(OC)cc(C(=O)NC2CC(=O)NC2=O)c1. The van der Waals surface area contributed by atoms with E-state index < -0.39 is 23.8 Å². The van der Waals surface area contributed by atoms with Gasteiger partial charge in [-0.1, -0.05) is 0 Å². The van der Waals surface area contributed by atoms with Crippen LogP contribution in [-0.4, -0.2) is 38.0 Å². The standard InChI is InChI=1S/C13H14N2O5/c1-19-8-3-7(4-9(5-8)20-2)12(17)14-10-6-11(16)15-13(10)18/h3-5,10H,6H2,1-2H3,(H,14,17)(H,15,16,18). The van der Waals surface area contributed by atoms with Gasteiger partial charge in [0.1, 0.15) is 17.5 Å². The van der Waals surface area contributed by atoms with Crippen molar-refractivity contribution >= 4 is 17.7 Å². The number of imide groups is 1. The van der Waals surface area contributed by atoms with Gasteiger partial charge in [-0.3, -0.25) is 19.7 Å². The lowest BCUT2D eigenvalue weighted by Gasteiger charge is -2.11. The van der Waals surface area contributed by atoms with Crippen LogP contribution in [0.25, 0.3) is 0 Å². The Balaban J connectivity index is 2.16. The van der Waals surface area contributed by atoms with Crippen LogP contribution in [0.15, 0.2) is 18.2 Å². The molecule has 0 aromatic heterocycles. The molecule has 7 heteroatoms. The second-order valence-corrected chi connectivity index (χ2v) is 4.24. The molecule has 1 aromatic carbocycles. The molecule has 1 aliphatic heterocycles. The van der Waals surface area contributed by atoms with Crippen molar-refractivity contribution in [1.82, 2.24) is 10.6 Å². The lowest BCUT2D eigenvalue weighted by atomic mass is 10.1. The van der Waals surface area contributed by atoms with Crippen molar-refractivity contribution in [2.75, 3.05) is 14.2 Å². The number of hydrogen-bond donors (Lipinski definition) is 2. The molecule has 0 radical (unpaired) electrons. The monoisotopic (exact) mass is 278 g/mol. The Bertz CT molecular complexity index is 548. The number of nitrogens with one attached hydrogen (secondary N) is 2. The van der Waals surface area contributed by atoms with Crippen molar-refractivity contribution < 1.29 is 23.9 Å². The van der Waals surface area contributed by atoms with E-state index >= 15 is 0 Å².